The first-order valence-electron chi connectivity index (χ1n) is 5.52. The molecule has 0 saturated carbocycles. The molecule has 0 N–H and O–H groups in total. The Labute approximate surface area is 102 Å². The van der Waals surface area contributed by atoms with Crippen LogP contribution in [0, 0.1) is 6.42 Å². The van der Waals surface area contributed by atoms with Gasteiger partial charge in [0.05, 0.1) is 10.7 Å². The average molecular weight is 239 g/mol. The van der Waals surface area contributed by atoms with Gasteiger partial charge in [0.25, 0.3) is 0 Å². The Bertz CT molecular complexity index is 372. The first-order valence-corrected chi connectivity index (χ1v) is 5.90. The molecule has 0 fully saturated rings. The monoisotopic (exact) mass is 238 g/mol. The van der Waals surface area contributed by atoms with Crippen molar-refractivity contribution in [2.24, 2.45) is 0 Å². The highest BCUT2D eigenvalue weighted by molar-refractivity contribution is 6.33. The lowest BCUT2D eigenvalue weighted by molar-refractivity contribution is 0.103. The normalized spacial score (nSPS) is 10.2. The molecule has 3 heteroatoms. The number of benzene rings is 1. The Morgan fingerprint density at radius 3 is 2.50 bits per heavy atom. The van der Waals surface area contributed by atoms with Gasteiger partial charge in [0.15, 0.2) is 5.78 Å². The predicted molar refractivity (Wildman–Crippen MR) is 69.3 cm³/mol. The number of nitrogens with zero attached hydrogens (tertiary/aromatic N) is 1. The van der Waals surface area contributed by atoms with Gasteiger partial charge in [0.2, 0.25) is 0 Å². The Morgan fingerprint density at radius 1 is 1.38 bits per heavy atom. The number of anilines is 1. The second kappa shape index (κ2) is 5.90. The van der Waals surface area contributed by atoms with Crippen molar-refractivity contribution in [2.45, 2.75) is 20.8 Å². The molecule has 0 spiro atoms. The fraction of sp³-hybridized carbons (Fsp3) is 0.385. The van der Waals surface area contributed by atoms with E-state index in [9.17, 15) is 4.79 Å². The van der Waals surface area contributed by atoms with Crippen LogP contribution >= 0.6 is 11.6 Å². The molecule has 0 unspecified atom stereocenters. The van der Waals surface area contributed by atoms with Crippen LogP contribution in [0.25, 0.3) is 0 Å². The molecule has 0 aliphatic carbocycles. The summed E-state index contributed by atoms with van der Waals surface area (Å²) in [6.07, 6.45) is 1.56. The van der Waals surface area contributed by atoms with E-state index in [0.717, 1.165) is 18.8 Å². The van der Waals surface area contributed by atoms with Gasteiger partial charge in [-0.2, -0.15) is 0 Å². The highest BCUT2D eigenvalue weighted by Crippen LogP contribution is 2.27. The van der Waals surface area contributed by atoms with Crippen LogP contribution < -0.4 is 4.90 Å². The third kappa shape index (κ3) is 2.76. The fourth-order valence-electron chi connectivity index (χ4n) is 1.64. The van der Waals surface area contributed by atoms with E-state index in [1.807, 2.05) is 6.07 Å². The summed E-state index contributed by atoms with van der Waals surface area (Å²) in [5.74, 6) is 0.0325. The minimum Gasteiger partial charge on any atom is -0.371 e. The SMILES string of the molecule is C[CH]C(=O)c1ccc(Cl)c(N(CC)CC)c1. The van der Waals surface area contributed by atoms with Crippen molar-refractivity contribution in [3.05, 3.63) is 35.2 Å². The van der Waals surface area contributed by atoms with Gasteiger partial charge >= 0.3 is 0 Å². The second-order valence-corrected chi connectivity index (χ2v) is 3.90. The molecular weight excluding hydrogens is 222 g/mol. The van der Waals surface area contributed by atoms with Crippen molar-refractivity contribution in [3.63, 3.8) is 0 Å². The van der Waals surface area contributed by atoms with Gasteiger partial charge in [-0.05, 0) is 32.0 Å². The lowest BCUT2D eigenvalue weighted by atomic mass is 10.1. The smallest absolute Gasteiger partial charge is 0.166 e. The lowest BCUT2D eigenvalue weighted by Gasteiger charge is -2.22. The summed E-state index contributed by atoms with van der Waals surface area (Å²) in [5, 5.41) is 0.691. The number of carbonyl (C=O) groups is 1. The summed E-state index contributed by atoms with van der Waals surface area (Å²) in [5.41, 5.74) is 1.62. The van der Waals surface area contributed by atoms with Crippen LogP contribution in [0.4, 0.5) is 5.69 Å². The number of hydrogen-bond donors (Lipinski definition) is 0. The third-order valence-corrected chi connectivity index (χ3v) is 2.92. The number of rotatable bonds is 5. The van der Waals surface area contributed by atoms with E-state index in [4.69, 9.17) is 11.6 Å². The van der Waals surface area contributed by atoms with E-state index < -0.39 is 0 Å². The molecule has 0 bridgehead atoms. The van der Waals surface area contributed by atoms with Gasteiger partial charge in [0, 0.05) is 25.1 Å². The molecule has 0 heterocycles. The number of Topliss-reactive ketones (excluding diaryl/α,β-unsaturated/α-hetero) is 1. The van der Waals surface area contributed by atoms with Crippen molar-refractivity contribution >= 4 is 23.1 Å². The van der Waals surface area contributed by atoms with E-state index >= 15 is 0 Å². The fourth-order valence-corrected chi connectivity index (χ4v) is 1.88. The maximum atomic E-state index is 11.6. The first kappa shape index (κ1) is 13.0. The third-order valence-electron chi connectivity index (χ3n) is 2.60. The summed E-state index contributed by atoms with van der Waals surface area (Å²) in [6.45, 7) is 7.64. The molecule has 87 valence electrons. The highest BCUT2D eigenvalue weighted by atomic mass is 35.5. The number of hydrogen-bond acceptors (Lipinski definition) is 2. The van der Waals surface area contributed by atoms with Gasteiger partial charge in [-0.15, -0.1) is 0 Å². The zero-order valence-electron chi connectivity index (χ0n) is 9.96. The summed E-state index contributed by atoms with van der Waals surface area (Å²) in [6, 6.07) is 5.40. The second-order valence-electron chi connectivity index (χ2n) is 3.49. The predicted octanol–water partition coefficient (Wildman–Crippen LogP) is 3.59. The minimum atomic E-state index is 0.0325. The molecule has 0 atom stereocenters. The van der Waals surface area contributed by atoms with E-state index in [-0.39, 0.29) is 5.78 Å². The summed E-state index contributed by atoms with van der Waals surface area (Å²) in [4.78, 5) is 13.7. The number of carbonyl (C=O) groups excluding carboxylic acids is 1. The highest BCUT2D eigenvalue weighted by Gasteiger charge is 2.11. The van der Waals surface area contributed by atoms with Crippen LogP contribution in [-0.2, 0) is 0 Å². The van der Waals surface area contributed by atoms with E-state index in [0.29, 0.717) is 10.6 Å². The lowest BCUT2D eigenvalue weighted by Crippen LogP contribution is -2.22. The van der Waals surface area contributed by atoms with Crippen LogP contribution in [0.15, 0.2) is 18.2 Å². The molecule has 0 saturated heterocycles. The molecule has 1 radical (unpaired) electrons. The molecule has 0 aromatic heterocycles. The quantitative estimate of drug-likeness (QED) is 0.731. The maximum Gasteiger partial charge on any atom is 0.166 e. The van der Waals surface area contributed by atoms with Crippen LogP contribution in [0.5, 0.6) is 0 Å². The molecular formula is C13H17ClNO. The van der Waals surface area contributed by atoms with Crippen LogP contribution in [0.1, 0.15) is 31.1 Å². The molecule has 0 aliphatic heterocycles. The van der Waals surface area contributed by atoms with Gasteiger partial charge in [-0.25, -0.2) is 0 Å². The zero-order valence-corrected chi connectivity index (χ0v) is 10.7. The Morgan fingerprint density at radius 2 is 2.00 bits per heavy atom. The van der Waals surface area contributed by atoms with Crippen LogP contribution in [-0.4, -0.2) is 18.9 Å². The van der Waals surface area contributed by atoms with E-state index in [2.05, 4.69) is 18.7 Å². The number of halogens is 1. The van der Waals surface area contributed by atoms with Crippen molar-refractivity contribution < 1.29 is 4.79 Å². The van der Waals surface area contributed by atoms with Crippen molar-refractivity contribution in [3.8, 4) is 0 Å². The Kier molecular flexibility index (Phi) is 4.81. The maximum absolute atomic E-state index is 11.6. The summed E-state index contributed by atoms with van der Waals surface area (Å²) < 4.78 is 0. The summed E-state index contributed by atoms with van der Waals surface area (Å²) in [7, 11) is 0. The molecule has 0 aliphatic rings. The molecule has 1 rings (SSSR count). The largest absolute Gasteiger partial charge is 0.371 e. The van der Waals surface area contributed by atoms with Crippen LogP contribution in [0.3, 0.4) is 0 Å². The molecule has 1 aromatic carbocycles. The van der Waals surface area contributed by atoms with E-state index in [1.54, 1.807) is 25.5 Å². The first-order chi connectivity index (χ1) is 7.63. The van der Waals surface area contributed by atoms with Gasteiger partial charge in [-0.3, -0.25) is 4.79 Å². The van der Waals surface area contributed by atoms with Gasteiger partial charge in [-0.1, -0.05) is 18.5 Å². The molecule has 2 nitrogen and oxygen atoms in total. The van der Waals surface area contributed by atoms with Crippen molar-refractivity contribution in [2.75, 3.05) is 18.0 Å². The Hall–Kier alpha value is -1.02. The minimum absolute atomic E-state index is 0.0325. The zero-order chi connectivity index (χ0) is 12.1. The molecule has 16 heavy (non-hydrogen) atoms. The number of ketones is 1. The molecule has 1 aromatic rings. The standard InChI is InChI=1S/C13H17ClNO/c1-4-13(16)10-7-8-11(14)12(9-10)15(5-2)6-3/h4,7-9H,5-6H2,1-3H3. The van der Waals surface area contributed by atoms with Crippen molar-refractivity contribution in [1.29, 1.82) is 0 Å². The van der Waals surface area contributed by atoms with Gasteiger partial charge in [0.1, 0.15) is 0 Å². The summed E-state index contributed by atoms with van der Waals surface area (Å²) >= 11 is 6.13. The average Bonchev–Trinajstić information content (AvgIpc) is 2.32. The van der Waals surface area contributed by atoms with Crippen LogP contribution in [0.2, 0.25) is 5.02 Å². The molecule has 0 amide bonds. The van der Waals surface area contributed by atoms with E-state index in [1.165, 1.54) is 0 Å². The van der Waals surface area contributed by atoms with Crippen molar-refractivity contribution in [1.82, 2.24) is 0 Å². The Balaban J connectivity index is 3.12. The topological polar surface area (TPSA) is 20.3 Å². The van der Waals surface area contributed by atoms with Gasteiger partial charge < -0.3 is 4.90 Å².